The molecule has 1 unspecified atom stereocenters. The van der Waals surface area contributed by atoms with E-state index in [4.69, 9.17) is 0 Å². The zero-order valence-corrected chi connectivity index (χ0v) is 10.7. The minimum Gasteiger partial charge on any atom is -0.388 e. The highest BCUT2D eigenvalue weighted by Crippen LogP contribution is 2.27. The van der Waals surface area contributed by atoms with Crippen LogP contribution in [0.3, 0.4) is 0 Å². The van der Waals surface area contributed by atoms with Gasteiger partial charge in [0.1, 0.15) is 0 Å². The summed E-state index contributed by atoms with van der Waals surface area (Å²) in [5, 5.41) is 14.6. The van der Waals surface area contributed by atoms with Gasteiger partial charge in [0, 0.05) is 38.1 Å². The molecule has 1 aromatic heterocycles. The van der Waals surface area contributed by atoms with Gasteiger partial charge in [-0.05, 0) is 19.4 Å². The Morgan fingerprint density at radius 3 is 3.00 bits per heavy atom. The molecule has 0 spiro atoms. The van der Waals surface area contributed by atoms with Crippen molar-refractivity contribution in [1.82, 2.24) is 10.3 Å². The van der Waals surface area contributed by atoms with Crippen molar-refractivity contribution in [1.29, 1.82) is 0 Å². The van der Waals surface area contributed by atoms with Gasteiger partial charge in [-0.15, -0.1) is 11.3 Å². The fraction of sp³-hybridized carbons (Fsp3) is 0.727. The Balaban J connectivity index is 2.02. The standard InChI is InChI=1S/C11H19N3OS/c1-14(2)10-13-7-9(16-10)6-11(15)4-3-5-12-8-11/h7,12,15H,3-6,8H2,1-2H3. The van der Waals surface area contributed by atoms with Crippen LogP contribution in [0.4, 0.5) is 5.13 Å². The second-order valence-corrected chi connectivity index (χ2v) is 5.78. The number of rotatable bonds is 3. The Hall–Kier alpha value is -0.650. The lowest BCUT2D eigenvalue weighted by Gasteiger charge is -2.32. The number of aromatic nitrogens is 1. The average molecular weight is 241 g/mol. The van der Waals surface area contributed by atoms with E-state index < -0.39 is 5.60 Å². The Morgan fingerprint density at radius 1 is 1.62 bits per heavy atom. The van der Waals surface area contributed by atoms with E-state index in [0.717, 1.165) is 29.4 Å². The van der Waals surface area contributed by atoms with Gasteiger partial charge in [-0.25, -0.2) is 4.98 Å². The second kappa shape index (κ2) is 4.69. The molecular formula is C11H19N3OS. The summed E-state index contributed by atoms with van der Waals surface area (Å²) >= 11 is 1.66. The van der Waals surface area contributed by atoms with Crippen LogP contribution in [0.5, 0.6) is 0 Å². The van der Waals surface area contributed by atoms with Gasteiger partial charge in [-0.2, -0.15) is 0 Å². The number of hydrogen-bond donors (Lipinski definition) is 2. The summed E-state index contributed by atoms with van der Waals surface area (Å²) in [5.74, 6) is 0. The van der Waals surface area contributed by atoms with Crippen molar-refractivity contribution in [2.75, 3.05) is 32.1 Å². The molecule has 1 aliphatic rings. The Bertz CT molecular complexity index is 345. The molecule has 90 valence electrons. The number of piperidine rings is 1. The van der Waals surface area contributed by atoms with Crippen molar-refractivity contribution in [3.8, 4) is 0 Å². The molecule has 1 saturated heterocycles. The number of thiazole rings is 1. The van der Waals surface area contributed by atoms with Crippen LogP contribution in [0.1, 0.15) is 17.7 Å². The van der Waals surface area contributed by atoms with Crippen LogP contribution in [0, 0.1) is 0 Å². The van der Waals surface area contributed by atoms with Crippen LogP contribution in [-0.4, -0.2) is 42.9 Å². The highest BCUT2D eigenvalue weighted by atomic mass is 32.1. The molecule has 16 heavy (non-hydrogen) atoms. The predicted molar refractivity (Wildman–Crippen MR) is 67.2 cm³/mol. The number of hydrogen-bond acceptors (Lipinski definition) is 5. The van der Waals surface area contributed by atoms with Gasteiger partial charge in [0.2, 0.25) is 0 Å². The molecule has 0 aromatic carbocycles. The van der Waals surface area contributed by atoms with E-state index in [9.17, 15) is 5.11 Å². The minimum absolute atomic E-state index is 0.575. The van der Waals surface area contributed by atoms with Crippen molar-refractivity contribution in [2.24, 2.45) is 0 Å². The van der Waals surface area contributed by atoms with Crippen LogP contribution >= 0.6 is 11.3 Å². The summed E-state index contributed by atoms with van der Waals surface area (Å²) in [7, 11) is 3.97. The fourth-order valence-electron chi connectivity index (χ4n) is 2.01. The molecule has 2 N–H and O–H groups in total. The molecule has 0 saturated carbocycles. The zero-order valence-electron chi connectivity index (χ0n) is 9.86. The van der Waals surface area contributed by atoms with Crippen molar-refractivity contribution in [2.45, 2.75) is 24.9 Å². The van der Waals surface area contributed by atoms with Crippen molar-refractivity contribution in [3.63, 3.8) is 0 Å². The molecule has 5 heteroatoms. The maximum Gasteiger partial charge on any atom is 0.184 e. The second-order valence-electron chi connectivity index (χ2n) is 4.69. The Kier molecular flexibility index (Phi) is 3.47. The third-order valence-corrected chi connectivity index (χ3v) is 4.04. The molecule has 1 fully saturated rings. The summed E-state index contributed by atoms with van der Waals surface area (Å²) < 4.78 is 0. The molecule has 0 aliphatic carbocycles. The van der Waals surface area contributed by atoms with E-state index >= 15 is 0 Å². The molecule has 1 aromatic rings. The quantitative estimate of drug-likeness (QED) is 0.824. The monoisotopic (exact) mass is 241 g/mol. The summed E-state index contributed by atoms with van der Waals surface area (Å²) in [4.78, 5) is 7.48. The van der Waals surface area contributed by atoms with Gasteiger partial charge in [0.15, 0.2) is 5.13 Å². The normalized spacial score (nSPS) is 25.7. The first kappa shape index (κ1) is 11.8. The van der Waals surface area contributed by atoms with E-state index in [1.54, 1.807) is 11.3 Å². The van der Waals surface area contributed by atoms with Crippen molar-refractivity contribution in [3.05, 3.63) is 11.1 Å². The molecule has 2 heterocycles. The van der Waals surface area contributed by atoms with E-state index in [-0.39, 0.29) is 0 Å². The Morgan fingerprint density at radius 2 is 2.44 bits per heavy atom. The van der Waals surface area contributed by atoms with E-state index in [0.29, 0.717) is 13.0 Å². The first-order valence-electron chi connectivity index (χ1n) is 5.64. The van der Waals surface area contributed by atoms with Gasteiger partial charge in [0.25, 0.3) is 0 Å². The third-order valence-electron chi connectivity index (χ3n) is 2.88. The number of aliphatic hydroxyl groups is 1. The third kappa shape index (κ3) is 2.72. The number of nitrogens with zero attached hydrogens (tertiary/aromatic N) is 2. The summed E-state index contributed by atoms with van der Waals surface area (Å²) in [6.07, 6.45) is 4.53. The summed E-state index contributed by atoms with van der Waals surface area (Å²) in [5.41, 5.74) is -0.575. The van der Waals surface area contributed by atoms with Crippen molar-refractivity contribution < 1.29 is 5.11 Å². The number of nitrogens with one attached hydrogen (secondary N) is 1. The lowest BCUT2D eigenvalue weighted by atomic mass is 9.90. The van der Waals surface area contributed by atoms with Crippen LogP contribution in [0.15, 0.2) is 6.20 Å². The van der Waals surface area contributed by atoms with Gasteiger partial charge in [-0.1, -0.05) is 0 Å². The molecule has 0 amide bonds. The zero-order chi connectivity index (χ0) is 11.6. The molecule has 4 nitrogen and oxygen atoms in total. The topological polar surface area (TPSA) is 48.4 Å². The molecule has 1 aliphatic heterocycles. The van der Waals surface area contributed by atoms with Crippen LogP contribution < -0.4 is 10.2 Å². The maximum atomic E-state index is 10.4. The van der Waals surface area contributed by atoms with Gasteiger partial charge in [0.05, 0.1) is 5.60 Å². The molecule has 0 bridgehead atoms. The van der Waals surface area contributed by atoms with Gasteiger partial charge in [-0.3, -0.25) is 0 Å². The fourth-order valence-corrected chi connectivity index (χ4v) is 2.98. The van der Waals surface area contributed by atoms with Gasteiger partial charge < -0.3 is 15.3 Å². The maximum absolute atomic E-state index is 10.4. The average Bonchev–Trinajstić information content (AvgIpc) is 2.66. The lowest BCUT2D eigenvalue weighted by Crippen LogP contribution is -2.46. The predicted octanol–water partition coefficient (Wildman–Crippen LogP) is 0.866. The molecule has 2 rings (SSSR count). The highest BCUT2D eigenvalue weighted by molar-refractivity contribution is 7.15. The smallest absolute Gasteiger partial charge is 0.184 e. The molecule has 1 atom stereocenters. The highest BCUT2D eigenvalue weighted by Gasteiger charge is 2.30. The van der Waals surface area contributed by atoms with E-state index in [1.165, 1.54) is 0 Å². The molecule has 0 radical (unpaired) electrons. The summed E-state index contributed by atoms with van der Waals surface area (Å²) in [6, 6.07) is 0. The lowest BCUT2D eigenvalue weighted by molar-refractivity contribution is 0.0176. The largest absolute Gasteiger partial charge is 0.388 e. The van der Waals surface area contributed by atoms with Gasteiger partial charge >= 0.3 is 0 Å². The number of β-amino-alcohol motifs (C(OH)–C–C–N with tert-alkyl or cyclic N) is 1. The van der Waals surface area contributed by atoms with Crippen molar-refractivity contribution >= 4 is 16.5 Å². The van der Waals surface area contributed by atoms with Crippen LogP contribution in [0.25, 0.3) is 0 Å². The van der Waals surface area contributed by atoms with E-state index in [1.807, 2.05) is 25.2 Å². The Labute approximate surface area is 100 Å². The number of anilines is 1. The van der Waals surface area contributed by atoms with Crippen LogP contribution in [0.2, 0.25) is 0 Å². The van der Waals surface area contributed by atoms with Crippen LogP contribution in [-0.2, 0) is 6.42 Å². The minimum atomic E-state index is -0.575. The van der Waals surface area contributed by atoms with E-state index in [2.05, 4.69) is 10.3 Å². The first-order valence-corrected chi connectivity index (χ1v) is 6.46. The summed E-state index contributed by atoms with van der Waals surface area (Å²) in [6.45, 7) is 1.72. The first-order chi connectivity index (χ1) is 7.59. The SMILES string of the molecule is CN(C)c1ncc(CC2(O)CCCNC2)s1. The molecular weight excluding hydrogens is 222 g/mol.